The predicted molar refractivity (Wildman–Crippen MR) is 63.0 cm³/mol. The van der Waals surface area contributed by atoms with E-state index in [1.165, 1.54) is 0 Å². The summed E-state index contributed by atoms with van der Waals surface area (Å²) in [5.74, 6) is 0. The summed E-state index contributed by atoms with van der Waals surface area (Å²) in [7, 11) is -1.78. The third-order valence-electron chi connectivity index (χ3n) is 1.65. The largest absolute Gasteiger partial charge is 0.394 e. The van der Waals surface area contributed by atoms with Gasteiger partial charge in [0.25, 0.3) is 0 Å². The second-order valence-corrected chi connectivity index (χ2v) is 8.11. The Morgan fingerprint density at radius 3 is 1.83 bits per heavy atom. The van der Waals surface area contributed by atoms with Crippen molar-refractivity contribution < 1.29 is 8.85 Å². The first-order valence-corrected chi connectivity index (χ1v) is 8.34. The lowest BCUT2D eigenvalue weighted by atomic mass is 10.6. The lowest BCUT2D eigenvalue weighted by Gasteiger charge is -2.27. The van der Waals surface area contributed by atoms with Gasteiger partial charge >= 0.3 is 8.56 Å². The van der Waals surface area contributed by atoms with E-state index in [-0.39, 0.29) is 0 Å². The number of halogens is 1. The van der Waals surface area contributed by atoms with Gasteiger partial charge in [0.1, 0.15) is 0 Å². The van der Waals surface area contributed by atoms with Crippen LogP contribution in [-0.2, 0) is 8.85 Å². The number of hydrogen-bond donors (Lipinski definition) is 0. The van der Waals surface area contributed by atoms with Gasteiger partial charge in [-0.05, 0) is 19.9 Å². The summed E-state index contributed by atoms with van der Waals surface area (Å²) in [6, 6.07) is 1.12. The molecule has 0 spiro atoms. The van der Waals surface area contributed by atoms with Crippen LogP contribution in [0.4, 0.5) is 0 Å². The second kappa shape index (κ2) is 7.29. The van der Waals surface area contributed by atoms with Crippen molar-refractivity contribution in [2.24, 2.45) is 0 Å². The van der Waals surface area contributed by atoms with Crippen LogP contribution in [0.25, 0.3) is 0 Å². The molecule has 0 saturated heterocycles. The van der Waals surface area contributed by atoms with Crippen molar-refractivity contribution in [1.29, 1.82) is 0 Å². The highest BCUT2D eigenvalue weighted by atomic mass is 127. The van der Waals surface area contributed by atoms with E-state index in [2.05, 4.69) is 29.5 Å². The maximum absolute atomic E-state index is 5.77. The molecule has 0 aliphatic heterocycles. The molecule has 0 heterocycles. The van der Waals surface area contributed by atoms with Gasteiger partial charge < -0.3 is 8.85 Å². The Labute approximate surface area is 90.4 Å². The molecule has 0 bridgehead atoms. The highest BCUT2D eigenvalue weighted by molar-refractivity contribution is 14.1. The fourth-order valence-corrected chi connectivity index (χ4v) is 6.18. The summed E-state index contributed by atoms with van der Waals surface area (Å²) in [5, 5.41) is 0. The monoisotopic (exact) mass is 302 g/mol. The predicted octanol–water partition coefficient (Wildman–Crippen LogP) is 2.89. The zero-order chi connectivity index (χ0) is 9.45. The van der Waals surface area contributed by atoms with Gasteiger partial charge in [0.2, 0.25) is 0 Å². The highest BCUT2D eigenvalue weighted by Gasteiger charge is 2.34. The van der Waals surface area contributed by atoms with Gasteiger partial charge in [-0.1, -0.05) is 35.9 Å². The molecule has 0 radical (unpaired) electrons. The van der Waals surface area contributed by atoms with E-state index in [1.807, 2.05) is 13.8 Å². The standard InChI is InChI=1S/C8H19IO2Si/c1-4-7-12(8-9,10-5-2)11-6-3/h4-8H2,1-3H3. The van der Waals surface area contributed by atoms with Crippen molar-refractivity contribution in [2.45, 2.75) is 33.2 Å². The van der Waals surface area contributed by atoms with Crippen LogP contribution in [0.3, 0.4) is 0 Å². The summed E-state index contributed by atoms with van der Waals surface area (Å²) in [5.41, 5.74) is 0. The Morgan fingerprint density at radius 1 is 1.08 bits per heavy atom. The lowest BCUT2D eigenvalue weighted by molar-refractivity contribution is 0.188. The Kier molecular flexibility index (Phi) is 7.81. The van der Waals surface area contributed by atoms with Crippen LogP contribution in [0.15, 0.2) is 0 Å². The van der Waals surface area contributed by atoms with Crippen LogP contribution in [0.1, 0.15) is 27.2 Å². The normalized spacial score (nSPS) is 12.0. The molecular formula is C8H19IO2Si. The van der Waals surface area contributed by atoms with Gasteiger partial charge in [0.15, 0.2) is 0 Å². The van der Waals surface area contributed by atoms with E-state index in [0.29, 0.717) is 0 Å². The van der Waals surface area contributed by atoms with Crippen molar-refractivity contribution in [1.82, 2.24) is 0 Å². The molecule has 4 heteroatoms. The Balaban J connectivity index is 4.06. The molecule has 0 saturated carbocycles. The number of hydrogen-bond acceptors (Lipinski definition) is 2. The molecule has 0 aromatic rings. The molecule has 0 aromatic heterocycles. The summed E-state index contributed by atoms with van der Waals surface area (Å²) < 4.78 is 12.6. The maximum Gasteiger partial charge on any atom is 0.348 e. The van der Waals surface area contributed by atoms with E-state index >= 15 is 0 Å². The van der Waals surface area contributed by atoms with Gasteiger partial charge in [-0.3, -0.25) is 0 Å². The smallest absolute Gasteiger partial charge is 0.348 e. The second-order valence-electron chi connectivity index (χ2n) is 2.66. The van der Waals surface area contributed by atoms with Crippen molar-refractivity contribution in [3.05, 3.63) is 0 Å². The van der Waals surface area contributed by atoms with Crippen LogP contribution in [0.2, 0.25) is 6.04 Å². The minimum absolute atomic E-state index is 0.787. The average molecular weight is 302 g/mol. The Bertz CT molecular complexity index is 94.2. The molecular weight excluding hydrogens is 283 g/mol. The van der Waals surface area contributed by atoms with E-state index in [0.717, 1.165) is 29.7 Å². The van der Waals surface area contributed by atoms with E-state index in [9.17, 15) is 0 Å². The van der Waals surface area contributed by atoms with Gasteiger partial charge in [-0.15, -0.1) is 0 Å². The molecule has 0 unspecified atom stereocenters. The van der Waals surface area contributed by atoms with E-state index in [4.69, 9.17) is 8.85 Å². The fraction of sp³-hybridized carbons (Fsp3) is 1.00. The van der Waals surface area contributed by atoms with Crippen molar-refractivity contribution >= 4 is 31.2 Å². The third-order valence-corrected chi connectivity index (χ3v) is 8.43. The summed E-state index contributed by atoms with van der Waals surface area (Å²) >= 11 is 2.38. The van der Waals surface area contributed by atoms with Crippen molar-refractivity contribution in [3.8, 4) is 0 Å². The van der Waals surface area contributed by atoms with E-state index in [1.54, 1.807) is 0 Å². The molecule has 0 atom stereocenters. The molecule has 0 rings (SSSR count). The van der Waals surface area contributed by atoms with Crippen LogP contribution < -0.4 is 0 Å². The molecule has 0 fully saturated rings. The third kappa shape index (κ3) is 4.20. The number of rotatable bonds is 7. The summed E-state index contributed by atoms with van der Waals surface area (Å²) in [4.78, 5) is 0. The van der Waals surface area contributed by atoms with Crippen LogP contribution in [0.5, 0.6) is 0 Å². The minimum Gasteiger partial charge on any atom is -0.394 e. The quantitative estimate of drug-likeness (QED) is 0.409. The summed E-state index contributed by atoms with van der Waals surface area (Å²) in [6.07, 6.45) is 1.16. The molecule has 0 aliphatic rings. The van der Waals surface area contributed by atoms with Crippen molar-refractivity contribution in [3.63, 3.8) is 0 Å². The van der Waals surface area contributed by atoms with Gasteiger partial charge in [0.05, 0.1) is 0 Å². The average Bonchev–Trinajstić information content (AvgIpc) is 2.06. The first kappa shape index (κ1) is 12.9. The highest BCUT2D eigenvalue weighted by Crippen LogP contribution is 2.18. The first-order valence-electron chi connectivity index (χ1n) is 4.58. The SMILES string of the molecule is CCC[Si](CI)(OCC)OCC. The zero-order valence-electron chi connectivity index (χ0n) is 8.23. The summed E-state index contributed by atoms with van der Waals surface area (Å²) in [6.45, 7) is 7.85. The van der Waals surface area contributed by atoms with Gasteiger partial charge in [-0.2, -0.15) is 0 Å². The molecule has 2 nitrogen and oxygen atoms in total. The van der Waals surface area contributed by atoms with Crippen LogP contribution >= 0.6 is 22.6 Å². The zero-order valence-corrected chi connectivity index (χ0v) is 11.4. The molecule has 74 valence electrons. The van der Waals surface area contributed by atoms with Gasteiger partial charge in [0, 0.05) is 17.3 Å². The van der Waals surface area contributed by atoms with Crippen molar-refractivity contribution in [2.75, 3.05) is 17.3 Å². The Hall–Kier alpha value is 0.867. The van der Waals surface area contributed by atoms with Crippen LogP contribution in [-0.4, -0.2) is 25.8 Å². The first-order chi connectivity index (χ1) is 5.74. The minimum atomic E-state index is -1.78. The lowest BCUT2D eigenvalue weighted by Crippen LogP contribution is -2.44. The fourth-order valence-electron chi connectivity index (χ4n) is 1.24. The molecule has 12 heavy (non-hydrogen) atoms. The molecule has 0 amide bonds. The number of alkyl halides is 1. The molecule has 0 aromatic carbocycles. The maximum atomic E-state index is 5.77. The van der Waals surface area contributed by atoms with Gasteiger partial charge in [-0.25, -0.2) is 0 Å². The van der Waals surface area contributed by atoms with Crippen LogP contribution in [0, 0.1) is 0 Å². The topological polar surface area (TPSA) is 18.5 Å². The van der Waals surface area contributed by atoms with E-state index < -0.39 is 8.56 Å². The molecule has 0 N–H and O–H groups in total. The Morgan fingerprint density at radius 2 is 1.58 bits per heavy atom. The molecule has 0 aliphatic carbocycles.